The summed E-state index contributed by atoms with van der Waals surface area (Å²) in [6.45, 7) is 4.60. The Morgan fingerprint density at radius 2 is 2.12 bits per heavy atom. The number of nitrogens with two attached hydrogens (primary N) is 1. The standard InChI is InChI=1S/C17H19N7O/c1-8(2)23-12-6-19-17(25)24-11(5-10(22-24)9-3-4-9)13(12)14-15(18)20-7-21-16(14)23/h5,7-9H,3-4,6H2,1-2H3,(H,19,25)(H2,18,20,21). The molecule has 4 heterocycles. The average molecular weight is 337 g/mol. The van der Waals surface area contributed by atoms with Crippen LogP contribution in [0.15, 0.2) is 12.4 Å². The molecule has 3 N–H and O–H groups in total. The Hall–Kier alpha value is -2.90. The molecule has 3 aromatic heterocycles. The molecule has 8 nitrogen and oxygen atoms in total. The summed E-state index contributed by atoms with van der Waals surface area (Å²) in [6.07, 6.45) is 3.75. The largest absolute Gasteiger partial charge is 0.383 e. The van der Waals surface area contributed by atoms with Crippen LogP contribution in [-0.4, -0.2) is 30.3 Å². The van der Waals surface area contributed by atoms with Gasteiger partial charge in [0.05, 0.1) is 23.3 Å². The molecule has 1 saturated carbocycles. The molecule has 1 aliphatic heterocycles. The van der Waals surface area contributed by atoms with Crippen LogP contribution >= 0.6 is 0 Å². The van der Waals surface area contributed by atoms with Crippen LogP contribution in [-0.2, 0) is 6.54 Å². The first-order chi connectivity index (χ1) is 12.1. The normalized spacial score (nSPS) is 16.7. The van der Waals surface area contributed by atoms with Crippen molar-refractivity contribution in [3.8, 4) is 11.3 Å². The third-order valence-corrected chi connectivity index (χ3v) is 5.01. The number of nitrogens with one attached hydrogen (secondary N) is 1. The smallest absolute Gasteiger partial charge is 0.342 e. The van der Waals surface area contributed by atoms with Crippen molar-refractivity contribution >= 4 is 22.9 Å². The van der Waals surface area contributed by atoms with E-state index in [9.17, 15) is 4.79 Å². The molecule has 0 atom stereocenters. The van der Waals surface area contributed by atoms with E-state index in [1.54, 1.807) is 0 Å². The summed E-state index contributed by atoms with van der Waals surface area (Å²) in [4.78, 5) is 21.2. The zero-order valence-corrected chi connectivity index (χ0v) is 14.2. The van der Waals surface area contributed by atoms with Crippen LogP contribution in [0.4, 0.5) is 10.6 Å². The van der Waals surface area contributed by atoms with Crippen LogP contribution in [0.1, 0.15) is 50.0 Å². The van der Waals surface area contributed by atoms with Gasteiger partial charge in [-0.3, -0.25) is 0 Å². The predicted octanol–water partition coefficient (Wildman–Crippen LogP) is 2.41. The van der Waals surface area contributed by atoms with Crippen LogP contribution in [0.2, 0.25) is 0 Å². The zero-order chi connectivity index (χ0) is 17.3. The van der Waals surface area contributed by atoms with E-state index in [1.807, 2.05) is 6.07 Å². The number of aromatic nitrogens is 5. The fraction of sp³-hybridized carbons (Fsp3) is 0.412. The lowest BCUT2D eigenvalue weighted by Crippen LogP contribution is -2.28. The van der Waals surface area contributed by atoms with Crippen LogP contribution in [0.3, 0.4) is 0 Å². The Bertz CT molecular complexity index is 1030. The lowest BCUT2D eigenvalue weighted by atomic mass is 10.1. The van der Waals surface area contributed by atoms with Gasteiger partial charge in [-0.2, -0.15) is 9.78 Å². The van der Waals surface area contributed by atoms with Gasteiger partial charge < -0.3 is 15.6 Å². The molecule has 0 aromatic carbocycles. The van der Waals surface area contributed by atoms with Gasteiger partial charge in [-0.05, 0) is 32.8 Å². The van der Waals surface area contributed by atoms with Crippen LogP contribution < -0.4 is 11.1 Å². The van der Waals surface area contributed by atoms with Gasteiger partial charge in [0.2, 0.25) is 0 Å². The molecule has 0 unspecified atom stereocenters. The summed E-state index contributed by atoms with van der Waals surface area (Å²) in [5, 5.41) is 8.31. The number of anilines is 1. The molecule has 5 rings (SSSR count). The number of nitrogens with zero attached hydrogens (tertiary/aromatic N) is 5. The Labute approximate surface area is 144 Å². The molecule has 3 aromatic rings. The number of hydrogen-bond donors (Lipinski definition) is 2. The second-order valence-electron chi connectivity index (χ2n) is 7.04. The molecular weight excluding hydrogens is 318 g/mol. The molecule has 1 amide bonds. The Balaban J connectivity index is 1.90. The van der Waals surface area contributed by atoms with Crippen molar-refractivity contribution in [3.05, 3.63) is 23.8 Å². The minimum atomic E-state index is -0.211. The van der Waals surface area contributed by atoms with Crippen LogP contribution in [0, 0.1) is 0 Å². The molecule has 1 aliphatic carbocycles. The molecule has 25 heavy (non-hydrogen) atoms. The van der Waals surface area contributed by atoms with Gasteiger partial charge in [-0.1, -0.05) is 0 Å². The Morgan fingerprint density at radius 1 is 1.32 bits per heavy atom. The fourth-order valence-corrected chi connectivity index (χ4v) is 3.76. The van der Waals surface area contributed by atoms with Gasteiger partial charge in [-0.15, -0.1) is 0 Å². The van der Waals surface area contributed by atoms with Gasteiger partial charge in [0.15, 0.2) is 0 Å². The summed E-state index contributed by atoms with van der Waals surface area (Å²) in [5.74, 6) is 0.887. The van der Waals surface area contributed by atoms with E-state index in [0.717, 1.165) is 46.5 Å². The van der Waals surface area contributed by atoms with Crippen molar-refractivity contribution < 1.29 is 4.79 Å². The number of carbonyl (C=O) groups is 1. The van der Waals surface area contributed by atoms with Crippen molar-refractivity contribution in [2.24, 2.45) is 0 Å². The number of carbonyl (C=O) groups excluding carboxylic acids is 1. The van der Waals surface area contributed by atoms with Gasteiger partial charge in [-0.25, -0.2) is 14.8 Å². The second kappa shape index (κ2) is 4.81. The van der Waals surface area contributed by atoms with Crippen molar-refractivity contribution in [1.82, 2.24) is 29.6 Å². The maximum atomic E-state index is 12.5. The van der Waals surface area contributed by atoms with Crippen molar-refractivity contribution in [1.29, 1.82) is 0 Å². The number of amides is 1. The molecule has 1 fully saturated rings. The number of nitrogen functional groups attached to an aromatic ring is 1. The minimum absolute atomic E-state index is 0.176. The summed E-state index contributed by atoms with van der Waals surface area (Å²) < 4.78 is 3.60. The van der Waals surface area contributed by atoms with E-state index in [-0.39, 0.29) is 12.1 Å². The first-order valence-electron chi connectivity index (χ1n) is 8.58. The Kier molecular flexibility index (Phi) is 2.78. The highest BCUT2D eigenvalue weighted by Gasteiger charge is 2.33. The summed E-state index contributed by atoms with van der Waals surface area (Å²) in [5.41, 5.74) is 10.7. The molecule has 128 valence electrons. The van der Waals surface area contributed by atoms with Crippen LogP contribution in [0.25, 0.3) is 22.3 Å². The topological polar surface area (TPSA) is 104 Å². The number of rotatable bonds is 2. The number of fused-ring (bicyclic) bond motifs is 5. The predicted molar refractivity (Wildman–Crippen MR) is 93.2 cm³/mol. The summed E-state index contributed by atoms with van der Waals surface area (Å²) in [7, 11) is 0. The molecule has 2 aliphatic rings. The van der Waals surface area contributed by atoms with E-state index in [2.05, 4.69) is 38.8 Å². The van der Waals surface area contributed by atoms with Crippen molar-refractivity contribution in [3.63, 3.8) is 0 Å². The number of hydrogen-bond acceptors (Lipinski definition) is 5. The van der Waals surface area contributed by atoms with Gasteiger partial charge in [0.1, 0.15) is 17.8 Å². The first-order valence-corrected chi connectivity index (χ1v) is 8.58. The average Bonchev–Trinajstić information content (AvgIpc) is 3.26. The molecular formula is C17H19N7O. The van der Waals surface area contributed by atoms with E-state index >= 15 is 0 Å². The summed E-state index contributed by atoms with van der Waals surface area (Å²) >= 11 is 0. The van der Waals surface area contributed by atoms with Gasteiger partial charge in [0.25, 0.3) is 0 Å². The van der Waals surface area contributed by atoms with E-state index in [4.69, 9.17) is 5.73 Å². The van der Waals surface area contributed by atoms with Crippen molar-refractivity contribution in [2.45, 2.75) is 45.2 Å². The molecule has 0 saturated heterocycles. The van der Waals surface area contributed by atoms with E-state index < -0.39 is 0 Å². The molecule has 8 heteroatoms. The highest BCUT2D eigenvalue weighted by atomic mass is 16.2. The Morgan fingerprint density at radius 3 is 2.84 bits per heavy atom. The zero-order valence-electron chi connectivity index (χ0n) is 14.2. The fourth-order valence-electron chi connectivity index (χ4n) is 3.76. The van der Waals surface area contributed by atoms with Gasteiger partial charge in [0, 0.05) is 23.2 Å². The lowest BCUT2D eigenvalue weighted by Gasteiger charge is -2.13. The molecule has 0 bridgehead atoms. The third kappa shape index (κ3) is 1.93. The quantitative estimate of drug-likeness (QED) is 0.747. The van der Waals surface area contributed by atoms with Gasteiger partial charge >= 0.3 is 6.03 Å². The third-order valence-electron chi connectivity index (χ3n) is 5.01. The van der Waals surface area contributed by atoms with Crippen LogP contribution in [0.5, 0.6) is 0 Å². The lowest BCUT2D eigenvalue weighted by molar-refractivity contribution is 0.239. The maximum Gasteiger partial charge on any atom is 0.342 e. The molecule has 0 spiro atoms. The first kappa shape index (κ1) is 14.4. The monoisotopic (exact) mass is 337 g/mol. The maximum absolute atomic E-state index is 12.5. The SMILES string of the molecule is CC(C)n1c2c(c3c(N)ncnc31)-c1cc(C3CC3)nn1C(=O)NC2. The summed E-state index contributed by atoms with van der Waals surface area (Å²) in [6, 6.07) is 1.99. The highest BCUT2D eigenvalue weighted by Crippen LogP contribution is 2.44. The molecule has 0 radical (unpaired) electrons. The van der Waals surface area contributed by atoms with E-state index in [1.165, 1.54) is 11.0 Å². The van der Waals surface area contributed by atoms with Crippen molar-refractivity contribution in [2.75, 3.05) is 5.73 Å². The van der Waals surface area contributed by atoms with E-state index in [0.29, 0.717) is 18.3 Å². The minimum Gasteiger partial charge on any atom is -0.383 e. The second-order valence-corrected chi connectivity index (χ2v) is 7.04. The highest BCUT2D eigenvalue weighted by molar-refractivity contribution is 6.03.